The van der Waals surface area contributed by atoms with Crippen molar-refractivity contribution >= 4 is 0 Å². The molecule has 0 radical (unpaired) electrons. The van der Waals surface area contributed by atoms with Crippen molar-refractivity contribution in [3.63, 3.8) is 0 Å². The Morgan fingerprint density at radius 2 is 1.74 bits per heavy atom. The number of allylic oxidation sites excluding steroid dienone is 5. The van der Waals surface area contributed by atoms with Crippen molar-refractivity contribution in [1.82, 2.24) is 0 Å². The van der Waals surface area contributed by atoms with Crippen molar-refractivity contribution < 1.29 is 8.83 Å². The highest BCUT2D eigenvalue weighted by atomic mass is 16.6. The molecule has 3 heteroatoms. The predicted molar refractivity (Wildman–Crippen MR) is 97.9 cm³/mol. The van der Waals surface area contributed by atoms with Gasteiger partial charge in [-0.2, -0.15) is 0 Å². The summed E-state index contributed by atoms with van der Waals surface area (Å²) in [6.45, 7) is 20.1. The van der Waals surface area contributed by atoms with Gasteiger partial charge in [0.25, 0.3) is 0 Å². The smallest absolute Gasteiger partial charge is 0.396 e. The molecule has 0 unspecified atom stereocenters. The van der Waals surface area contributed by atoms with Gasteiger partial charge in [-0.05, 0) is 12.5 Å². The molecule has 1 aromatic rings. The Kier molecular flexibility index (Phi) is 8.08. The molecule has 23 heavy (non-hydrogen) atoms. The van der Waals surface area contributed by atoms with Crippen LogP contribution in [0.15, 0.2) is 50.1 Å². The fourth-order valence-corrected chi connectivity index (χ4v) is 2.44. The summed E-state index contributed by atoms with van der Waals surface area (Å²) in [5, 5.41) is 0. The Labute approximate surface area is 140 Å². The van der Waals surface area contributed by atoms with Crippen LogP contribution in [-0.4, -0.2) is 0 Å². The average Bonchev–Trinajstić information content (AvgIpc) is 2.90. The first kappa shape index (κ1) is 21.2. The van der Waals surface area contributed by atoms with E-state index in [0.717, 1.165) is 5.57 Å². The molecule has 1 heterocycles. The molecule has 0 aliphatic carbocycles. The molecule has 0 aliphatic heterocycles. The minimum Gasteiger partial charge on any atom is -0.396 e. The molecule has 0 aromatic carbocycles. The van der Waals surface area contributed by atoms with Gasteiger partial charge in [0.2, 0.25) is 0 Å². The SMILES string of the molecule is C=C/C=C(\C=C/C)C(C)(C)C(C)(C)c1oc(=O)oc1CC.CC. The summed E-state index contributed by atoms with van der Waals surface area (Å²) in [7, 11) is 0. The molecule has 3 nitrogen and oxygen atoms in total. The van der Waals surface area contributed by atoms with Gasteiger partial charge < -0.3 is 8.83 Å². The minimum atomic E-state index is -0.633. The third kappa shape index (κ3) is 4.37. The number of rotatable bonds is 6. The van der Waals surface area contributed by atoms with Gasteiger partial charge in [0.15, 0.2) is 5.76 Å². The van der Waals surface area contributed by atoms with E-state index < -0.39 is 11.2 Å². The first-order valence-electron chi connectivity index (χ1n) is 8.31. The molecule has 0 aliphatic rings. The van der Waals surface area contributed by atoms with E-state index in [1.807, 2.05) is 39.8 Å². The summed E-state index contributed by atoms with van der Waals surface area (Å²) < 4.78 is 10.5. The maximum atomic E-state index is 11.5. The summed E-state index contributed by atoms with van der Waals surface area (Å²) >= 11 is 0. The molecule has 0 N–H and O–H groups in total. The molecule has 0 fully saturated rings. The van der Waals surface area contributed by atoms with Gasteiger partial charge in [-0.15, -0.1) is 0 Å². The highest BCUT2D eigenvalue weighted by Gasteiger charge is 2.44. The van der Waals surface area contributed by atoms with Crippen molar-refractivity contribution in [1.29, 1.82) is 0 Å². The lowest BCUT2D eigenvalue weighted by Gasteiger charge is -2.41. The first-order chi connectivity index (χ1) is 10.7. The lowest BCUT2D eigenvalue weighted by molar-refractivity contribution is 0.207. The highest BCUT2D eigenvalue weighted by Crippen LogP contribution is 2.47. The van der Waals surface area contributed by atoms with Crippen LogP contribution in [0.5, 0.6) is 0 Å². The van der Waals surface area contributed by atoms with Crippen molar-refractivity contribution in [2.24, 2.45) is 5.41 Å². The molecule has 1 aromatic heterocycles. The normalized spacial score (nSPS) is 13.0. The van der Waals surface area contributed by atoms with Crippen LogP contribution in [0, 0.1) is 5.41 Å². The molecule has 0 atom stereocenters. The van der Waals surface area contributed by atoms with Crippen molar-refractivity contribution in [2.45, 2.75) is 67.2 Å². The van der Waals surface area contributed by atoms with Gasteiger partial charge in [-0.25, -0.2) is 4.79 Å². The summed E-state index contributed by atoms with van der Waals surface area (Å²) in [6.07, 6.45) is 8.46. The fraction of sp³-hybridized carbons (Fsp3) is 0.550. The molecule has 0 saturated heterocycles. The van der Waals surface area contributed by atoms with E-state index in [4.69, 9.17) is 8.83 Å². The maximum Gasteiger partial charge on any atom is 0.519 e. The van der Waals surface area contributed by atoms with Gasteiger partial charge >= 0.3 is 5.82 Å². The van der Waals surface area contributed by atoms with Gasteiger partial charge in [-0.1, -0.05) is 79.3 Å². The average molecular weight is 320 g/mol. The zero-order valence-electron chi connectivity index (χ0n) is 15.9. The Balaban J connectivity index is 0.00000232. The van der Waals surface area contributed by atoms with Crippen molar-refractivity contribution in [3.8, 4) is 0 Å². The molecule has 130 valence electrons. The van der Waals surface area contributed by atoms with E-state index in [-0.39, 0.29) is 5.41 Å². The Bertz CT molecular complexity index is 607. The zero-order chi connectivity index (χ0) is 18.3. The third-order valence-electron chi connectivity index (χ3n) is 4.46. The van der Waals surface area contributed by atoms with E-state index in [2.05, 4.69) is 40.3 Å². The number of aryl methyl sites for hydroxylation is 1. The van der Waals surface area contributed by atoms with Crippen molar-refractivity contribution in [3.05, 3.63) is 58.6 Å². The van der Waals surface area contributed by atoms with E-state index >= 15 is 0 Å². The molecule has 0 spiro atoms. The van der Waals surface area contributed by atoms with Crippen LogP contribution in [0.3, 0.4) is 0 Å². The lowest BCUT2D eigenvalue weighted by Crippen LogP contribution is -2.38. The van der Waals surface area contributed by atoms with Crippen molar-refractivity contribution in [2.75, 3.05) is 0 Å². The molecule has 0 amide bonds. The van der Waals surface area contributed by atoms with Crippen LogP contribution in [0.1, 0.15) is 66.9 Å². The third-order valence-corrected chi connectivity index (χ3v) is 4.46. The second-order valence-electron chi connectivity index (χ2n) is 6.17. The van der Waals surface area contributed by atoms with Gasteiger partial charge in [-0.3, -0.25) is 0 Å². The highest BCUT2D eigenvalue weighted by molar-refractivity contribution is 5.35. The minimum absolute atomic E-state index is 0.266. The van der Waals surface area contributed by atoms with Crippen LogP contribution in [0.4, 0.5) is 0 Å². The zero-order valence-corrected chi connectivity index (χ0v) is 15.9. The van der Waals surface area contributed by atoms with Gasteiger partial charge in [0.05, 0.1) is 0 Å². The van der Waals surface area contributed by atoms with Gasteiger partial charge in [0, 0.05) is 17.3 Å². The summed E-state index contributed by atoms with van der Waals surface area (Å²) in [5.74, 6) is 0.613. The van der Waals surface area contributed by atoms with Crippen LogP contribution >= 0.6 is 0 Å². The Hall–Kier alpha value is -1.77. The largest absolute Gasteiger partial charge is 0.519 e. The summed E-state index contributed by atoms with van der Waals surface area (Å²) in [4.78, 5) is 11.5. The van der Waals surface area contributed by atoms with Crippen LogP contribution in [-0.2, 0) is 11.8 Å². The first-order valence-corrected chi connectivity index (χ1v) is 8.31. The Morgan fingerprint density at radius 3 is 2.17 bits per heavy atom. The number of hydrogen-bond acceptors (Lipinski definition) is 3. The lowest BCUT2D eigenvalue weighted by atomic mass is 9.62. The van der Waals surface area contributed by atoms with E-state index in [9.17, 15) is 4.79 Å². The molecular weight excluding hydrogens is 288 g/mol. The quantitative estimate of drug-likeness (QED) is 0.621. The molecular formula is C20H32O3. The second kappa shape index (κ2) is 8.76. The van der Waals surface area contributed by atoms with E-state index in [1.165, 1.54) is 0 Å². The van der Waals surface area contributed by atoms with E-state index in [0.29, 0.717) is 17.9 Å². The predicted octanol–water partition coefficient (Wildman–Crippen LogP) is 5.81. The molecule has 0 saturated carbocycles. The molecule has 1 rings (SSSR count). The number of hydrogen-bond donors (Lipinski definition) is 0. The summed E-state index contributed by atoms with van der Waals surface area (Å²) in [5.41, 5.74) is 0.451. The fourth-order valence-electron chi connectivity index (χ4n) is 2.44. The van der Waals surface area contributed by atoms with Crippen LogP contribution in [0.25, 0.3) is 0 Å². The van der Waals surface area contributed by atoms with Crippen LogP contribution < -0.4 is 5.82 Å². The second-order valence-corrected chi connectivity index (χ2v) is 6.17. The Morgan fingerprint density at radius 1 is 1.17 bits per heavy atom. The molecule has 0 bridgehead atoms. The summed E-state index contributed by atoms with van der Waals surface area (Å²) in [6, 6.07) is 0. The van der Waals surface area contributed by atoms with Crippen LogP contribution in [0.2, 0.25) is 0 Å². The maximum absolute atomic E-state index is 11.5. The topological polar surface area (TPSA) is 43.4 Å². The standard InChI is InChI=1S/C18H26O3.C2H6/c1-8-11-13(12-9-2)17(4,5)18(6,7)15-14(10-3)20-16(19)21-15;1-2/h8-9,11-12H,1,10H2,2-7H3;1-2H3/b12-9-,13-11+;. The van der Waals surface area contributed by atoms with E-state index in [1.54, 1.807) is 6.08 Å². The monoisotopic (exact) mass is 320 g/mol. The van der Waals surface area contributed by atoms with Gasteiger partial charge in [0.1, 0.15) is 5.76 Å².